The molecule has 6 nitrogen and oxygen atoms in total. The zero-order chi connectivity index (χ0) is 16.5. The summed E-state index contributed by atoms with van der Waals surface area (Å²) in [5, 5.41) is 8.36. The average molecular weight is 329 g/mol. The highest BCUT2D eigenvalue weighted by atomic mass is 19.1. The number of rotatable bonds is 5. The van der Waals surface area contributed by atoms with Gasteiger partial charge in [0.25, 0.3) is 0 Å². The molecule has 4 rings (SSSR count). The Morgan fingerprint density at radius 3 is 2.83 bits per heavy atom. The Labute approximate surface area is 140 Å². The number of nitrogens with zero attached hydrogens (tertiary/aromatic N) is 5. The van der Waals surface area contributed by atoms with Gasteiger partial charge in [-0.25, -0.2) is 14.4 Å². The van der Waals surface area contributed by atoms with Crippen molar-refractivity contribution in [2.75, 3.05) is 24.6 Å². The van der Waals surface area contributed by atoms with Crippen LogP contribution in [0.25, 0.3) is 0 Å². The van der Waals surface area contributed by atoms with Crippen LogP contribution in [0.2, 0.25) is 0 Å². The first kappa shape index (κ1) is 15.2. The Hall–Kier alpha value is -2.31. The van der Waals surface area contributed by atoms with E-state index in [2.05, 4.69) is 20.2 Å². The quantitative estimate of drug-likeness (QED) is 0.840. The van der Waals surface area contributed by atoms with Crippen molar-refractivity contribution in [3.8, 4) is 5.88 Å². The maximum atomic E-state index is 14.1. The minimum atomic E-state index is -0.333. The lowest BCUT2D eigenvalue weighted by molar-refractivity contribution is 0.249. The van der Waals surface area contributed by atoms with Crippen molar-refractivity contribution in [2.45, 2.75) is 32.1 Å². The molecule has 0 bridgehead atoms. The molecule has 0 amide bonds. The standard InChI is InChI=1S/C17H20FN5O/c1-11-16(18)17(20-10-19-11)23-7-6-12(8-23)9-24-15-5-4-14(21-22-15)13-2-3-13/h4-5,10,12-13H,2-3,6-9H2,1H3. The van der Waals surface area contributed by atoms with Gasteiger partial charge in [0, 0.05) is 31.0 Å². The Morgan fingerprint density at radius 1 is 1.21 bits per heavy atom. The summed E-state index contributed by atoms with van der Waals surface area (Å²) in [6.45, 7) is 3.70. The number of ether oxygens (including phenoxy) is 1. The fourth-order valence-electron chi connectivity index (χ4n) is 3.03. The second-order valence-electron chi connectivity index (χ2n) is 6.58. The SMILES string of the molecule is Cc1ncnc(N2CCC(COc3ccc(C4CC4)nn3)C2)c1F. The van der Waals surface area contributed by atoms with Crippen molar-refractivity contribution in [2.24, 2.45) is 5.92 Å². The van der Waals surface area contributed by atoms with Gasteiger partial charge in [-0.05, 0) is 32.3 Å². The van der Waals surface area contributed by atoms with E-state index in [4.69, 9.17) is 4.74 Å². The van der Waals surface area contributed by atoms with Gasteiger partial charge in [-0.3, -0.25) is 0 Å². The lowest BCUT2D eigenvalue weighted by Gasteiger charge is -2.18. The Kier molecular flexibility index (Phi) is 4.00. The Morgan fingerprint density at radius 2 is 2.08 bits per heavy atom. The van der Waals surface area contributed by atoms with Crippen molar-refractivity contribution in [1.29, 1.82) is 0 Å². The average Bonchev–Trinajstić information content (AvgIpc) is 3.35. The summed E-state index contributed by atoms with van der Waals surface area (Å²) >= 11 is 0. The van der Waals surface area contributed by atoms with Crippen LogP contribution in [0.1, 0.15) is 36.6 Å². The molecule has 1 unspecified atom stereocenters. The number of halogens is 1. The third-order valence-corrected chi connectivity index (χ3v) is 4.65. The highest BCUT2D eigenvalue weighted by molar-refractivity contribution is 5.41. The zero-order valence-corrected chi connectivity index (χ0v) is 13.7. The minimum absolute atomic E-state index is 0.324. The molecule has 3 heterocycles. The van der Waals surface area contributed by atoms with Crippen LogP contribution in [0.3, 0.4) is 0 Å². The van der Waals surface area contributed by atoms with E-state index in [0.717, 1.165) is 25.2 Å². The highest BCUT2D eigenvalue weighted by Crippen LogP contribution is 2.38. The molecule has 0 N–H and O–H groups in total. The molecule has 2 aromatic heterocycles. The predicted molar refractivity (Wildman–Crippen MR) is 86.5 cm³/mol. The van der Waals surface area contributed by atoms with Gasteiger partial charge >= 0.3 is 0 Å². The summed E-state index contributed by atoms with van der Waals surface area (Å²) in [7, 11) is 0. The molecule has 24 heavy (non-hydrogen) atoms. The molecule has 0 aromatic carbocycles. The Balaban J connectivity index is 1.32. The molecule has 1 aliphatic carbocycles. The zero-order valence-electron chi connectivity index (χ0n) is 13.7. The smallest absolute Gasteiger partial charge is 0.233 e. The normalized spacial score (nSPS) is 20.4. The van der Waals surface area contributed by atoms with Crippen molar-refractivity contribution < 1.29 is 9.13 Å². The fourth-order valence-corrected chi connectivity index (χ4v) is 3.03. The largest absolute Gasteiger partial charge is 0.476 e. The summed E-state index contributed by atoms with van der Waals surface area (Å²) in [4.78, 5) is 9.92. The molecule has 2 fully saturated rings. The molecule has 0 radical (unpaired) electrons. The molecule has 126 valence electrons. The first-order valence-electron chi connectivity index (χ1n) is 8.39. The first-order valence-corrected chi connectivity index (χ1v) is 8.39. The van der Waals surface area contributed by atoms with Crippen LogP contribution in [-0.2, 0) is 0 Å². The highest BCUT2D eigenvalue weighted by Gasteiger charge is 2.27. The maximum Gasteiger partial charge on any atom is 0.233 e. The van der Waals surface area contributed by atoms with Gasteiger partial charge in [0.1, 0.15) is 6.33 Å². The van der Waals surface area contributed by atoms with Gasteiger partial charge in [0.2, 0.25) is 5.88 Å². The third-order valence-electron chi connectivity index (χ3n) is 4.65. The van der Waals surface area contributed by atoms with Crippen LogP contribution < -0.4 is 9.64 Å². The van der Waals surface area contributed by atoms with Crippen LogP contribution in [0.15, 0.2) is 18.5 Å². The number of hydrogen-bond donors (Lipinski definition) is 0. The van der Waals surface area contributed by atoms with Crippen LogP contribution in [0.5, 0.6) is 5.88 Å². The number of aromatic nitrogens is 4. The lowest BCUT2D eigenvalue weighted by atomic mass is 10.1. The molecule has 1 atom stereocenters. The van der Waals surface area contributed by atoms with E-state index in [1.54, 1.807) is 6.92 Å². The summed E-state index contributed by atoms with van der Waals surface area (Å²) in [5.74, 6) is 1.53. The van der Waals surface area contributed by atoms with Crippen LogP contribution in [0.4, 0.5) is 10.2 Å². The minimum Gasteiger partial charge on any atom is -0.476 e. The molecule has 1 saturated carbocycles. The third kappa shape index (κ3) is 3.16. The second-order valence-corrected chi connectivity index (χ2v) is 6.58. The van der Waals surface area contributed by atoms with Gasteiger partial charge < -0.3 is 9.64 Å². The molecule has 2 aliphatic rings. The summed E-state index contributed by atoms with van der Waals surface area (Å²) in [6, 6.07) is 3.89. The van der Waals surface area contributed by atoms with Gasteiger partial charge in [-0.1, -0.05) is 0 Å². The number of aryl methyl sites for hydroxylation is 1. The van der Waals surface area contributed by atoms with E-state index < -0.39 is 0 Å². The van der Waals surface area contributed by atoms with Gasteiger partial charge in [0.05, 0.1) is 18.0 Å². The van der Waals surface area contributed by atoms with Crippen molar-refractivity contribution in [3.05, 3.63) is 35.7 Å². The molecule has 1 saturated heterocycles. The molecule has 0 spiro atoms. The molecular weight excluding hydrogens is 309 g/mol. The van der Waals surface area contributed by atoms with E-state index in [9.17, 15) is 4.39 Å². The number of hydrogen-bond acceptors (Lipinski definition) is 6. The van der Waals surface area contributed by atoms with Gasteiger partial charge in [-0.2, -0.15) is 5.10 Å². The van der Waals surface area contributed by atoms with Crippen molar-refractivity contribution in [1.82, 2.24) is 20.2 Å². The van der Waals surface area contributed by atoms with Crippen molar-refractivity contribution in [3.63, 3.8) is 0 Å². The maximum absolute atomic E-state index is 14.1. The Bertz CT molecular complexity index is 719. The molecule has 1 aliphatic heterocycles. The van der Waals surface area contributed by atoms with Crippen LogP contribution in [0, 0.1) is 18.7 Å². The van der Waals surface area contributed by atoms with E-state index >= 15 is 0 Å². The molecule has 2 aromatic rings. The van der Waals surface area contributed by atoms with Crippen LogP contribution >= 0.6 is 0 Å². The van der Waals surface area contributed by atoms with E-state index in [1.807, 2.05) is 17.0 Å². The van der Waals surface area contributed by atoms with Gasteiger partial charge in [-0.15, -0.1) is 5.10 Å². The topological polar surface area (TPSA) is 64.0 Å². The molecule has 7 heteroatoms. The first-order chi connectivity index (χ1) is 11.7. The van der Waals surface area contributed by atoms with Crippen LogP contribution in [-0.4, -0.2) is 39.9 Å². The van der Waals surface area contributed by atoms with E-state index in [1.165, 1.54) is 19.2 Å². The van der Waals surface area contributed by atoms with E-state index in [0.29, 0.717) is 35.8 Å². The molecular formula is C17H20FN5O. The van der Waals surface area contributed by atoms with Gasteiger partial charge in [0.15, 0.2) is 11.6 Å². The summed E-state index contributed by atoms with van der Waals surface area (Å²) < 4.78 is 19.9. The monoisotopic (exact) mass is 329 g/mol. The predicted octanol–water partition coefficient (Wildman–Crippen LogP) is 2.50. The van der Waals surface area contributed by atoms with Crippen molar-refractivity contribution >= 4 is 5.82 Å². The fraction of sp³-hybridized carbons (Fsp3) is 0.529. The summed E-state index contributed by atoms with van der Waals surface area (Å²) in [5.41, 5.74) is 1.44. The second kappa shape index (κ2) is 6.30. The number of anilines is 1. The lowest BCUT2D eigenvalue weighted by Crippen LogP contribution is -2.24. The van der Waals surface area contributed by atoms with E-state index in [-0.39, 0.29) is 5.82 Å². The summed E-state index contributed by atoms with van der Waals surface area (Å²) in [6.07, 6.45) is 4.78.